The highest BCUT2D eigenvalue weighted by Gasteiger charge is 2.15. The van der Waals surface area contributed by atoms with Gasteiger partial charge in [0.25, 0.3) is 5.91 Å². The Kier molecular flexibility index (Phi) is 6.92. The first-order valence-electron chi connectivity index (χ1n) is 9.52. The van der Waals surface area contributed by atoms with Gasteiger partial charge in [-0.1, -0.05) is 0 Å². The van der Waals surface area contributed by atoms with Gasteiger partial charge in [0.1, 0.15) is 18.1 Å². The number of benzene rings is 2. The molecular formula is C22H26N4O4. The molecule has 0 atom stereocenters. The van der Waals surface area contributed by atoms with E-state index in [1.54, 1.807) is 25.9 Å². The van der Waals surface area contributed by atoms with E-state index in [0.29, 0.717) is 19.0 Å². The van der Waals surface area contributed by atoms with Gasteiger partial charge >= 0.3 is 0 Å². The number of carbonyl (C=O) groups is 1. The van der Waals surface area contributed by atoms with E-state index in [0.717, 1.165) is 28.4 Å². The fraction of sp³-hybridized carbons (Fsp3) is 0.273. The second-order valence-corrected chi connectivity index (χ2v) is 6.72. The molecule has 1 heterocycles. The topological polar surface area (TPSA) is 91.8 Å². The second-order valence-electron chi connectivity index (χ2n) is 6.72. The van der Waals surface area contributed by atoms with Crippen molar-refractivity contribution in [1.29, 1.82) is 0 Å². The molecule has 0 saturated carbocycles. The van der Waals surface area contributed by atoms with Gasteiger partial charge in [0, 0.05) is 32.3 Å². The summed E-state index contributed by atoms with van der Waals surface area (Å²) in [5.41, 5.74) is 8.06. The molecule has 0 aliphatic carbocycles. The average Bonchev–Trinajstić information content (AvgIpc) is 3.20. The standard InChI is InChI=1S/C22H26N4O4/c1-25(2)22(27)15-30-21-14-20(16-4-8-19(9-5-16)29-13-12-23)26(24-21)17-6-10-18(28-3)11-7-17/h4-11,14H,12-13,15,23H2,1-3H3. The molecule has 158 valence electrons. The maximum atomic E-state index is 11.9. The van der Waals surface area contributed by atoms with Crippen LogP contribution in [-0.2, 0) is 4.79 Å². The number of likely N-dealkylation sites (N-methyl/N-ethyl adjacent to an activating group) is 1. The SMILES string of the molecule is COc1ccc(-n2nc(OCC(=O)N(C)C)cc2-c2ccc(OCCN)cc2)cc1. The first-order valence-corrected chi connectivity index (χ1v) is 9.52. The number of nitrogens with zero attached hydrogens (tertiary/aromatic N) is 3. The summed E-state index contributed by atoms with van der Waals surface area (Å²) >= 11 is 0. The van der Waals surface area contributed by atoms with Crippen molar-refractivity contribution in [3.8, 4) is 34.3 Å². The van der Waals surface area contributed by atoms with Gasteiger partial charge in [-0.2, -0.15) is 0 Å². The minimum absolute atomic E-state index is 0.0854. The van der Waals surface area contributed by atoms with Crippen LogP contribution in [0.1, 0.15) is 0 Å². The molecule has 2 aromatic carbocycles. The zero-order valence-electron chi connectivity index (χ0n) is 17.4. The molecule has 8 nitrogen and oxygen atoms in total. The molecule has 8 heteroatoms. The lowest BCUT2D eigenvalue weighted by molar-refractivity contribution is -0.130. The summed E-state index contributed by atoms with van der Waals surface area (Å²) in [5, 5.41) is 4.55. The third-order valence-electron chi connectivity index (χ3n) is 4.38. The summed E-state index contributed by atoms with van der Waals surface area (Å²) in [6.45, 7) is 0.831. The number of ether oxygens (including phenoxy) is 3. The number of methoxy groups -OCH3 is 1. The predicted molar refractivity (Wildman–Crippen MR) is 114 cm³/mol. The van der Waals surface area contributed by atoms with Crippen LogP contribution in [0.5, 0.6) is 17.4 Å². The van der Waals surface area contributed by atoms with E-state index >= 15 is 0 Å². The van der Waals surface area contributed by atoms with Gasteiger partial charge in [-0.3, -0.25) is 4.79 Å². The molecule has 0 fully saturated rings. The lowest BCUT2D eigenvalue weighted by atomic mass is 10.1. The molecule has 0 unspecified atom stereocenters. The number of nitrogens with two attached hydrogens (primary N) is 1. The molecule has 1 amide bonds. The van der Waals surface area contributed by atoms with Gasteiger partial charge in [0.2, 0.25) is 5.88 Å². The van der Waals surface area contributed by atoms with Gasteiger partial charge in [-0.05, 0) is 48.5 Å². The van der Waals surface area contributed by atoms with Crippen LogP contribution in [0.4, 0.5) is 0 Å². The summed E-state index contributed by atoms with van der Waals surface area (Å²) in [4.78, 5) is 13.3. The summed E-state index contributed by atoms with van der Waals surface area (Å²) < 4.78 is 18.2. The lowest BCUT2D eigenvalue weighted by Gasteiger charge is -2.10. The quantitative estimate of drug-likeness (QED) is 0.582. The molecule has 30 heavy (non-hydrogen) atoms. The second kappa shape index (κ2) is 9.80. The molecule has 0 bridgehead atoms. The number of aromatic nitrogens is 2. The van der Waals surface area contributed by atoms with Crippen LogP contribution in [0.2, 0.25) is 0 Å². The van der Waals surface area contributed by atoms with E-state index in [-0.39, 0.29) is 12.5 Å². The van der Waals surface area contributed by atoms with E-state index in [9.17, 15) is 4.79 Å². The van der Waals surface area contributed by atoms with E-state index in [4.69, 9.17) is 19.9 Å². The molecule has 2 N–H and O–H groups in total. The first kappa shape index (κ1) is 21.2. The monoisotopic (exact) mass is 410 g/mol. The van der Waals surface area contributed by atoms with Gasteiger partial charge < -0.3 is 24.8 Å². The van der Waals surface area contributed by atoms with E-state index in [1.165, 1.54) is 4.90 Å². The highest BCUT2D eigenvalue weighted by Crippen LogP contribution is 2.29. The molecule has 0 aliphatic rings. The Hall–Kier alpha value is -3.52. The molecule has 0 spiro atoms. The maximum Gasteiger partial charge on any atom is 0.260 e. The highest BCUT2D eigenvalue weighted by molar-refractivity contribution is 5.77. The van der Waals surface area contributed by atoms with Crippen LogP contribution in [-0.4, -0.2) is 61.6 Å². The summed E-state index contributed by atoms with van der Waals surface area (Å²) in [6.07, 6.45) is 0. The Labute approximate surface area is 175 Å². The third-order valence-corrected chi connectivity index (χ3v) is 4.38. The van der Waals surface area contributed by atoms with Gasteiger partial charge in [-0.15, -0.1) is 5.10 Å². The van der Waals surface area contributed by atoms with Gasteiger partial charge in [0.15, 0.2) is 6.61 Å². The van der Waals surface area contributed by atoms with Crippen LogP contribution >= 0.6 is 0 Å². The van der Waals surface area contributed by atoms with Crippen LogP contribution in [0.25, 0.3) is 16.9 Å². The van der Waals surface area contributed by atoms with Crippen molar-refractivity contribution < 1.29 is 19.0 Å². The molecule has 1 aromatic heterocycles. The van der Waals surface area contributed by atoms with E-state index in [2.05, 4.69) is 5.10 Å². The largest absolute Gasteiger partial charge is 0.497 e. The Balaban J connectivity index is 1.93. The summed E-state index contributed by atoms with van der Waals surface area (Å²) in [5.74, 6) is 1.71. The summed E-state index contributed by atoms with van der Waals surface area (Å²) in [6, 6.07) is 17.0. The van der Waals surface area contributed by atoms with Crippen molar-refractivity contribution in [2.24, 2.45) is 5.73 Å². The number of amides is 1. The van der Waals surface area contributed by atoms with Crippen molar-refractivity contribution >= 4 is 5.91 Å². The fourth-order valence-corrected chi connectivity index (χ4v) is 2.72. The Morgan fingerprint density at radius 3 is 2.30 bits per heavy atom. The Morgan fingerprint density at radius 1 is 1.03 bits per heavy atom. The number of hydrogen-bond acceptors (Lipinski definition) is 6. The van der Waals surface area contributed by atoms with Crippen molar-refractivity contribution in [1.82, 2.24) is 14.7 Å². The number of carbonyl (C=O) groups excluding carboxylic acids is 1. The van der Waals surface area contributed by atoms with Crippen molar-refractivity contribution in [3.63, 3.8) is 0 Å². The lowest BCUT2D eigenvalue weighted by Crippen LogP contribution is -2.27. The van der Waals surface area contributed by atoms with Crippen molar-refractivity contribution in [2.45, 2.75) is 0 Å². The minimum Gasteiger partial charge on any atom is -0.497 e. The molecule has 0 saturated heterocycles. The minimum atomic E-state index is -0.142. The maximum absolute atomic E-state index is 11.9. The first-order chi connectivity index (χ1) is 14.5. The normalized spacial score (nSPS) is 10.5. The van der Waals surface area contributed by atoms with Crippen LogP contribution < -0.4 is 19.9 Å². The van der Waals surface area contributed by atoms with Crippen molar-refractivity contribution in [3.05, 3.63) is 54.6 Å². The average molecular weight is 410 g/mol. The highest BCUT2D eigenvalue weighted by atomic mass is 16.5. The van der Waals surface area contributed by atoms with E-state index < -0.39 is 0 Å². The third kappa shape index (κ3) is 5.09. The smallest absolute Gasteiger partial charge is 0.260 e. The zero-order chi connectivity index (χ0) is 21.5. The molecule has 0 aliphatic heterocycles. The van der Waals surface area contributed by atoms with Crippen LogP contribution in [0.3, 0.4) is 0 Å². The van der Waals surface area contributed by atoms with Crippen molar-refractivity contribution in [2.75, 3.05) is 41.0 Å². The molecule has 3 aromatic rings. The Morgan fingerprint density at radius 2 is 1.70 bits per heavy atom. The fourth-order valence-electron chi connectivity index (χ4n) is 2.72. The number of hydrogen-bond donors (Lipinski definition) is 1. The van der Waals surface area contributed by atoms with Gasteiger partial charge in [0.05, 0.1) is 18.5 Å². The molecule has 0 radical (unpaired) electrons. The van der Waals surface area contributed by atoms with E-state index in [1.807, 2.05) is 54.6 Å². The molecule has 3 rings (SSSR count). The summed E-state index contributed by atoms with van der Waals surface area (Å²) in [7, 11) is 4.99. The van der Waals surface area contributed by atoms with Gasteiger partial charge in [-0.25, -0.2) is 4.68 Å². The zero-order valence-corrected chi connectivity index (χ0v) is 17.4. The predicted octanol–water partition coefficient (Wildman–Crippen LogP) is 2.35. The number of rotatable bonds is 9. The van der Waals surface area contributed by atoms with Crippen LogP contribution in [0, 0.1) is 0 Å². The van der Waals surface area contributed by atoms with Crippen LogP contribution in [0.15, 0.2) is 54.6 Å². The Bertz CT molecular complexity index is 966. The molecular weight excluding hydrogens is 384 g/mol.